The highest BCUT2D eigenvalue weighted by molar-refractivity contribution is 9.08. The molecule has 0 saturated heterocycles. The molecule has 80 valence electrons. The van der Waals surface area contributed by atoms with Crippen molar-refractivity contribution in [3.63, 3.8) is 0 Å². The van der Waals surface area contributed by atoms with Crippen molar-refractivity contribution in [1.29, 1.82) is 0 Å². The Hall–Kier alpha value is -1.17. The molecule has 0 bridgehead atoms. The molecule has 3 nitrogen and oxygen atoms in total. The number of fused-ring (bicyclic) bond motifs is 1. The Morgan fingerprint density at radius 1 is 1.47 bits per heavy atom. The number of halogens is 3. The minimum atomic E-state index is -2.92. The maximum absolute atomic E-state index is 11.9. The second-order valence-electron chi connectivity index (χ2n) is 2.79. The van der Waals surface area contributed by atoms with E-state index in [9.17, 15) is 8.78 Å². The number of alkyl halides is 3. The quantitative estimate of drug-likeness (QED) is 0.808. The lowest BCUT2D eigenvalue weighted by molar-refractivity contribution is -0.0664. The Morgan fingerprint density at radius 2 is 2.27 bits per heavy atom. The van der Waals surface area contributed by atoms with Gasteiger partial charge in [0, 0.05) is 5.33 Å². The monoisotopic (exact) mass is 277 g/mol. The van der Waals surface area contributed by atoms with Gasteiger partial charge in [-0.2, -0.15) is 13.8 Å². The zero-order valence-electron chi connectivity index (χ0n) is 7.41. The normalized spacial score (nSPS) is 11.2. The van der Waals surface area contributed by atoms with Crippen LogP contribution in [0, 0.1) is 0 Å². The fourth-order valence-electron chi connectivity index (χ4n) is 1.16. The highest BCUT2D eigenvalue weighted by Crippen LogP contribution is 2.23. The summed E-state index contributed by atoms with van der Waals surface area (Å²) in [6, 6.07) is 5.23. The SMILES string of the molecule is FC(F)Oc1nc2ccc(CBr)cc2o1. The molecule has 0 N–H and O–H groups in total. The first-order valence-corrected chi connectivity index (χ1v) is 5.21. The van der Waals surface area contributed by atoms with E-state index in [0.29, 0.717) is 16.4 Å². The van der Waals surface area contributed by atoms with Crippen LogP contribution in [0.5, 0.6) is 6.08 Å². The van der Waals surface area contributed by atoms with Crippen molar-refractivity contribution in [2.75, 3.05) is 0 Å². The van der Waals surface area contributed by atoms with Crippen LogP contribution in [0.25, 0.3) is 11.1 Å². The van der Waals surface area contributed by atoms with E-state index in [1.807, 2.05) is 6.07 Å². The van der Waals surface area contributed by atoms with E-state index in [1.165, 1.54) is 0 Å². The summed E-state index contributed by atoms with van der Waals surface area (Å²) in [5, 5.41) is 0.661. The second-order valence-corrected chi connectivity index (χ2v) is 3.35. The molecule has 2 rings (SSSR count). The smallest absolute Gasteiger partial charge is 0.399 e. The molecule has 0 spiro atoms. The van der Waals surface area contributed by atoms with Gasteiger partial charge in [0.1, 0.15) is 5.52 Å². The molecule has 15 heavy (non-hydrogen) atoms. The first-order valence-electron chi connectivity index (χ1n) is 4.09. The Bertz CT molecular complexity index is 472. The molecule has 0 aliphatic heterocycles. The molecule has 1 aromatic carbocycles. The molecule has 0 unspecified atom stereocenters. The predicted molar refractivity (Wildman–Crippen MR) is 53.3 cm³/mol. The summed E-state index contributed by atoms with van der Waals surface area (Å²) in [5.41, 5.74) is 1.90. The van der Waals surface area contributed by atoms with E-state index in [-0.39, 0.29) is 0 Å². The Morgan fingerprint density at radius 3 is 2.93 bits per heavy atom. The first-order chi connectivity index (χ1) is 7.19. The molecule has 0 aliphatic rings. The van der Waals surface area contributed by atoms with E-state index in [4.69, 9.17) is 4.42 Å². The third-order valence-electron chi connectivity index (χ3n) is 1.78. The van der Waals surface area contributed by atoms with Crippen LogP contribution in [-0.2, 0) is 5.33 Å². The predicted octanol–water partition coefficient (Wildman–Crippen LogP) is 3.32. The van der Waals surface area contributed by atoms with Crippen molar-refractivity contribution < 1.29 is 17.9 Å². The number of hydrogen-bond acceptors (Lipinski definition) is 3. The van der Waals surface area contributed by atoms with Crippen molar-refractivity contribution >= 4 is 27.0 Å². The number of benzene rings is 1. The molecule has 0 atom stereocenters. The number of ether oxygens (including phenoxy) is 1. The molecular weight excluding hydrogens is 272 g/mol. The van der Waals surface area contributed by atoms with Crippen molar-refractivity contribution in [2.24, 2.45) is 0 Å². The first kappa shape index (κ1) is 10.4. The van der Waals surface area contributed by atoms with Crippen LogP contribution in [0.3, 0.4) is 0 Å². The topological polar surface area (TPSA) is 35.3 Å². The molecule has 0 saturated carbocycles. The molecule has 1 aromatic heterocycles. The number of nitrogens with zero attached hydrogens (tertiary/aromatic N) is 1. The summed E-state index contributed by atoms with van der Waals surface area (Å²) < 4.78 is 32.8. The highest BCUT2D eigenvalue weighted by atomic mass is 79.9. The van der Waals surface area contributed by atoms with E-state index in [0.717, 1.165) is 5.56 Å². The molecule has 6 heteroatoms. The molecule has 0 radical (unpaired) electrons. The third-order valence-corrected chi connectivity index (χ3v) is 2.42. The highest BCUT2D eigenvalue weighted by Gasteiger charge is 2.11. The molecule has 0 aliphatic carbocycles. The van der Waals surface area contributed by atoms with Crippen LogP contribution in [0.15, 0.2) is 22.6 Å². The second kappa shape index (κ2) is 4.14. The largest absolute Gasteiger partial charge is 0.409 e. The van der Waals surface area contributed by atoms with Crippen LogP contribution >= 0.6 is 15.9 Å². The van der Waals surface area contributed by atoms with Gasteiger partial charge in [0.15, 0.2) is 5.58 Å². The summed E-state index contributed by atoms with van der Waals surface area (Å²) in [4.78, 5) is 3.74. The van der Waals surface area contributed by atoms with Crippen LogP contribution in [-0.4, -0.2) is 11.6 Å². The average molecular weight is 278 g/mol. The van der Waals surface area contributed by atoms with Crippen molar-refractivity contribution in [3.8, 4) is 6.08 Å². The molecular formula is C9H6BrF2NO2. The van der Waals surface area contributed by atoms with Gasteiger partial charge in [-0.1, -0.05) is 22.0 Å². The molecule has 1 heterocycles. The van der Waals surface area contributed by atoms with Gasteiger partial charge < -0.3 is 9.15 Å². The van der Waals surface area contributed by atoms with Gasteiger partial charge >= 0.3 is 12.7 Å². The number of oxazole rings is 1. The maximum Gasteiger partial charge on any atom is 0.399 e. The fraction of sp³-hybridized carbons (Fsp3) is 0.222. The van der Waals surface area contributed by atoms with Gasteiger partial charge in [-0.15, -0.1) is 0 Å². The average Bonchev–Trinajstić information content (AvgIpc) is 2.57. The summed E-state index contributed by atoms with van der Waals surface area (Å²) in [6.07, 6.45) is -0.410. The zero-order chi connectivity index (χ0) is 10.8. The van der Waals surface area contributed by atoms with Crippen molar-refractivity contribution in [3.05, 3.63) is 23.8 Å². The Balaban J connectivity index is 2.37. The number of aromatic nitrogens is 1. The lowest BCUT2D eigenvalue weighted by atomic mass is 10.2. The van der Waals surface area contributed by atoms with Gasteiger partial charge in [-0.05, 0) is 17.7 Å². The van der Waals surface area contributed by atoms with Gasteiger partial charge in [0.05, 0.1) is 0 Å². The summed E-state index contributed by atoms with van der Waals surface area (Å²) in [6.45, 7) is -2.92. The molecule has 0 amide bonds. The van der Waals surface area contributed by atoms with Gasteiger partial charge in [-0.3, -0.25) is 0 Å². The fourth-order valence-corrected chi connectivity index (χ4v) is 1.51. The minimum absolute atomic E-state index is 0.410. The Kier molecular flexibility index (Phi) is 2.86. The van der Waals surface area contributed by atoms with E-state index >= 15 is 0 Å². The standard InChI is InChI=1S/C9H6BrF2NO2/c10-4-5-1-2-6-7(3-5)14-9(13-6)15-8(11)12/h1-3,8H,4H2. The van der Waals surface area contributed by atoms with Gasteiger partial charge in [0.2, 0.25) is 0 Å². The van der Waals surface area contributed by atoms with E-state index in [1.54, 1.807) is 12.1 Å². The van der Waals surface area contributed by atoms with E-state index < -0.39 is 12.7 Å². The third kappa shape index (κ3) is 2.26. The maximum atomic E-state index is 11.9. The molecule has 2 aromatic rings. The van der Waals surface area contributed by atoms with Gasteiger partial charge in [0.25, 0.3) is 0 Å². The van der Waals surface area contributed by atoms with Gasteiger partial charge in [-0.25, -0.2) is 0 Å². The number of rotatable bonds is 3. The summed E-state index contributed by atoms with van der Waals surface area (Å²) in [7, 11) is 0. The van der Waals surface area contributed by atoms with Crippen LogP contribution in [0.1, 0.15) is 5.56 Å². The Labute approximate surface area is 92.2 Å². The lowest BCUT2D eigenvalue weighted by Gasteiger charge is -1.95. The zero-order valence-corrected chi connectivity index (χ0v) is 9.00. The summed E-state index contributed by atoms with van der Waals surface area (Å²) in [5.74, 6) is 0. The van der Waals surface area contributed by atoms with Crippen LogP contribution in [0.4, 0.5) is 8.78 Å². The lowest BCUT2D eigenvalue weighted by Crippen LogP contribution is -2.01. The van der Waals surface area contributed by atoms with Crippen LogP contribution in [0.2, 0.25) is 0 Å². The number of hydrogen-bond donors (Lipinski definition) is 0. The summed E-state index contributed by atoms with van der Waals surface area (Å²) >= 11 is 3.28. The molecule has 0 fully saturated rings. The van der Waals surface area contributed by atoms with Crippen LogP contribution < -0.4 is 4.74 Å². The van der Waals surface area contributed by atoms with Crippen molar-refractivity contribution in [1.82, 2.24) is 4.98 Å². The minimum Gasteiger partial charge on any atom is -0.409 e. The van der Waals surface area contributed by atoms with E-state index in [2.05, 4.69) is 25.7 Å². The van der Waals surface area contributed by atoms with Crippen molar-refractivity contribution in [2.45, 2.75) is 11.9 Å².